The Morgan fingerprint density at radius 1 is 1.14 bits per heavy atom. The molecule has 0 atom stereocenters. The fourth-order valence-corrected chi connectivity index (χ4v) is 3.48. The van der Waals surface area contributed by atoms with Crippen molar-refractivity contribution in [2.45, 2.75) is 39.0 Å². The van der Waals surface area contributed by atoms with Crippen LogP contribution in [0.1, 0.15) is 47.5 Å². The normalized spacial score (nSPS) is 15.6. The smallest absolute Gasteiger partial charge is 0.254 e. The topological polar surface area (TPSA) is 94.9 Å². The molecule has 1 aliphatic heterocycles. The van der Waals surface area contributed by atoms with Gasteiger partial charge < -0.3 is 14.5 Å². The second-order valence-electron chi connectivity index (χ2n) is 7.29. The molecule has 1 aromatic carbocycles. The van der Waals surface area contributed by atoms with E-state index < -0.39 is 0 Å². The van der Waals surface area contributed by atoms with Crippen molar-refractivity contribution in [3.63, 3.8) is 0 Å². The maximum atomic E-state index is 12.5. The van der Waals surface area contributed by atoms with Gasteiger partial charge in [0.15, 0.2) is 17.3 Å². The first-order valence-corrected chi connectivity index (χ1v) is 9.51. The van der Waals surface area contributed by atoms with Crippen molar-refractivity contribution >= 4 is 0 Å². The monoisotopic (exact) mass is 379 g/mol. The summed E-state index contributed by atoms with van der Waals surface area (Å²) in [7, 11) is 0. The Kier molecular flexibility index (Phi) is 3.92. The Hall–Kier alpha value is -3.16. The molecule has 0 bridgehead atoms. The van der Waals surface area contributed by atoms with Crippen molar-refractivity contribution in [3.05, 3.63) is 57.3 Å². The first kappa shape index (κ1) is 17.0. The summed E-state index contributed by atoms with van der Waals surface area (Å²) in [5, 5.41) is 4.74. The van der Waals surface area contributed by atoms with Crippen LogP contribution in [0.4, 0.5) is 0 Å². The molecular weight excluding hydrogens is 358 g/mol. The molecule has 3 aromatic rings. The lowest BCUT2D eigenvalue weighted by molar-refractivity contribution is 0.171. The number of nitrogens with one attached hydrogen (secondary N) is 1. The SMILES string of the molecule is Cc1nc(C)c(Cc2nc(C3CC3)nn2-c2ccc3c(c2)OCCO3)c(=O)[nH]1. The van der Waals surface area contributed by atoms with Crippen LogP contribution in [0.3, 0.4) is 0 Å². The molecule has 8 nitrogen and oxygen atoms in total. The maximum absolute atomic E-state index is 12.5. The van der Waals surface area contributed by atoms with Crippen molar-refractivity contribution in [2.75, 3.05) is 13.2 Å². The zero-order chi connectivity index (χ0) is 19.3. The van der Waals surface area contributed by atoms with Gasteiger partial charge in [-0.15, -0.1) is 0 Å². The number of aromatic amines is 1. The number of rotatable bonds is 4. The van der Waals surface area contributed by atoms with Crippen LogP contribution in [-0.2, 0) is 6.42 Å². The van der Waals surface area contributed by atoms with Gasteiger partial charge in [-0.2, -0.15) is 5.10 Å². The molecule has 2 aromatic heterocycles. The van der Waals surface area contributed by atoms with E-state index in [4.69, 9.17) is 19.6 Å². The molecule has 0 spiro atoms. The fourth-order valence-electron chi connectivity index (χ4n) is 3.48. The summed E-state index contributed by atoms with van der Waals surface area (Å²) in [6, 6.07) is 5.73. The number of aryl methyl sites for hydroxylation is 2. The van der Waals surface area contributed by atoms with Gasteiger partial charge in [0.05, 0.1) is 5.69 Å². The zero-order valence-electron chi connectivity index (χ0n) is 15.9. The highest BCUT2D eigenvalue weighted by atomic mass is 16.6. The summed E-state index contributed by atoms with van der Waals surface area (Å²) in [6.45, 7) is 4.71. The maximum Gasteiger partial charge on any atom is 0.254 e. The van der Waals surface area contributed by atoms with E-state index in [1.807, 2.05) is 29.8 Å². The van der Waals surface area contributed by atoms with Gasteiger partial charge in [-0.25, -0.2) is 14.6 Å². The van der Waals surface area contributed by atoms with Gasteiger partial charge in [-0.05, 0) is 38.8 Å². The van der Waals surface area contributed by atoms with E-state index in [0.29, 0.717) is 48.4 Å². The first-order valence-electron chi connectivity index (χ1n) is 9.51. The second-order valence-corrected chi connectivity index (χ2v) is 7.29. The number of H-pyrrole nitrogens is 1. The van der Waals surface area contributed by atoms with Crippen LogP contribution in [0.25, 0.3) is 5.69 Å². The molecule has 144 valence electrons. The lowest BCUT2D eigenvalue weighted by Gasteiger charge is -2.19. The molecule has 28 heavy (non-hydrogen) atoms. The van der Waals surface area contributed by atoms with Crippen LogP contribution in [0.15, 0.2) is 23.0 Å². The highest BCUT2D eigenvalue weighted by Crippen LogP contribution is 2.39. The zero-order valence-corrected chi connectivity index (χ0v) is 15.9. The number of hydrogen-bond donors (Lipinski definition) is 1. The number of hydrogen-bond acceptors (Lipinski definition) is 6. The van der Waals surface area contributed by atoms with Crippen molar-refractivity contribution in [1.82, 2.24) is 24.7 Å². The van der Waals surface area contributed by atoms with Gasteiger partial charge in [-0.3, -0.25) is 4.79 Å². The van der Waals surface area contributed by atoms with Crippen molar-refractivity contribution < 1.29 is 9.47 Å². The third kappa shape index (κ3) is 3.04. The molecular formula is C20H21N5O3. The van der Waals surface area contributed by atoms with Gasteiger partial charge in [0, 0.05) is 29.7 Å². The fraction of sp³-hybridized carbons (Fsp3) is 0.400. The second kappa shape index (κ2) is 6.47. The molecule has 1 fully saturated rings. The standard InChI is InChI=1S/C20H21N5O3/c1-11-15(20(26)22-12(2)21-11)10-18-23-19(13-3-4-13)24-25(18)14-5-6-16-17(9-14)28-8-7-27-16/h5-6,9,13H,3-4,7-8,10H2,1-2H3,(H,21,22,26). The van der Waals surface area contributed by atoms with Gasteiger partial charge in [0.1, 0.15) is 24.9 Å². The summed E-state index contributed by atoms with van der Waals surface area (Å²) in [5.41, 5.74) is 2.03. The van der Waals surface area contributed by atoms with Gasteiger partial charge in [0.25, 0.3) is 5.56 Å². The largest absolute Gasteiger partial charge is 0.486 e. The van der Waals surface area contributed by atoms with Gasteiger partial charge in [-0.1, -0.05) is 0 Å². The molecule has 1 saturated carbocycles. The molecule has 2 aliphatic rings. The highest BCUT2D eigenvalue weighted by molar-refractivity contribution is 5.49. The molecule has 1 aliphatic carbocycles. The van der Waals surface area contributed by atoms with E-state index >= 15 is 0 Å². The van der Waals surface area contributed by atoms with E-state index in [2.05, 4.69) is 9.97 Å². The lowest BCUT2D eigenvalue weighted by atomic mass is 10.1. The van der Waals surface area contributed by atoms with E-state index in [0.717, 1.165) is 35.9 Å². The summed E-state index contributed by atoms with van der Waals surface area (Å²) in [6.07, 6.45) is 2.58. The Bertz CT molecular complexity index is 1110. The van der Waals surface area contributed by atoms with E-state index in [1.54, 1.807) is 6.92 Å². The van der Waals surface area contributed by atoms with Gasteiger partial charge >= 0.3 is 0 Å². The molecule has 8 heteroatoms. The number of ether oxygens (including phenoxy) is 2. The van der Waals surface area contributed by atoms with Crippen molar-refractivity contribution in [3.8, 4) is 17.2 Å². The molecule has 0 amide bonds. The molecule has 5 rings (SSSR count). The molecule has 1 N–H and O–H groups in total. The predicted molar refractivity (Wildman–Crippen MR) is 101 cm³/mol. The number of benzene rings is 1. The Morgan fingerprint density at radius 2 is 1.93 bits per heavy atom. The molecule has 0 unspecified atom stereocenters. The van der Waals surface area contributed by atoms with Crippen molar-refractivity contribution in [2.24, 2.45) is 0 Å². The highest BCUT2D eigenvalue weighted by Gasteiger charge is 2.30. The van der Waals surface area contributed by atoms with Gasteiger partial charge in [0.2, 0.25) is 0 Å². The average molecular weight is 379 g/mol. The predicted octanol–water partition coefficient (Wildman–Crippen LogP) is 2.21. The molecule has 0 saturated heterocycles. The summed E-state index contributed by atoms with van der Waals surface area (Å²) < 4.78 is 13.1. The van der Waals surface area contributed by atoms with Crippen LogP contribution < -0.4 is 15.0 Å². The number of fused-ring (bicyclic) bond motifs is 1. The van der Waals surface area contributed by atoms with E-state index in [1.165, 1.54) is 0 Å². The Labute approximate surface area is 161 Å². The third-order valence-electron chi connectivity index (χ3n) is 5.08. The van der Waals surface area contributed by atoms with Crippen LogP contribution in [-0.4, -0.2) is 37.9 Å². The summed E-state index contributed by atoms with van der Waals surface area (Å²) >= 11 is 0. The minimum atomic E-state index is -0.130. The minimum Gasteiger partial charge on any atom is -0.486 e. The number of aromatic nitrogens is 5. The molecule has 0 radical (unpaired) electrons. The van der Waals surface area contributed by atoms with E-state index in [-0.39, 0.29) is 5.56 Å². The summed E-state index contributed by atoms with van der Waals surface area (Å²) in [4.78, 5) is 24.4. The lowest BCUT2D eigenvalue weighted by Crippen LogP contribution is -2.19. The van der Waals surface area contributed by atoms with E-state index in [9.17, 15) is 4.79 Å². The quantitative estimate of drug-likeness (QED) is 0.747. The molecule has 3 heterocycles. The Morgan fingerprint density at radius 3 is 2.68 bits per heavy atom. The van der Waals surface area contributed by atoms with Crippen LogP contribution >= 0.6 is 0 Å². The van der Waals surface area contributed by atoms with Crippen LogP contribution in [0.2, 0.25) is 0 Å². The van der Waals surface area contributed by atoms with Crippen molar-refractivity contribution in [1.29, 1.82) is 0 Å². The minimum absolute atomic E-state index is 0.130. The Balaban J connectivity index is 1.58. The third-order valence-corrected chi connectivity index (χ3v) is 5.08. The summed E-state index contributed by atoms with van der Waals surface area (Å²) in [5.74, 6) is 4.00. The van der Waals surface area contributed by atoms with Crippen LogP contribution in [0.5, 0.6) is 11.5 Å². The first-order chi connectivity index (χ1) is 13.6. The number of nitrogens with zero attached hydrogens (tertiary/aromatic N) is 4. The average Bonchev–Trinajstić information content (AvgIpc) is 3.44. The van der Waals surface area contributed by atoms with Crippen LogP contribution in [0, 0.1) is 13.8 Å².